The summed E-state index contributed by atoms with van der Waals surface area (Å²) in [7, 11) is 0. The Balaban J connectivity index is 1.90. The molecular weight excluding hydrogens is 184 g/mol. The highest BCUT2D eigenvalue weighted by molar-refractivity contribution is 4.94. The van der Waals surface area contributed by atoms with Crippen LogP contribution in [0.25, 0.3) is 0 Å². The molecular formula is C14H26O. The minimum Gasteiger partial charge on any atom is -0.390 e. The summed E-state index contributed by atoms with van der Waals surface area (Å²) in [4.78, 5) is 0. The van der Waals surface area contributed by atoms with Gasteiger partial charge in [-0.1, -0.05) is 33.1 Å². The molecule has 0 aromatic heterocycles. The van der Waals surface area contributed by atoms with Crippen LogP contribution in [-0.2, 0) is 0 Å². The van der Waals surface area contributed by atoms with E-state index in [0.29, 0.717) is 5.92 Å². The molecule has 15 heavy (non-hydrogen) atoms. The average molecular weight is 210 g/mol. The Kier molecular flexibility index (Phi) is 3.39. The average Bonchev–Trinajstić information content (AvgIpc) is 2.60. The SMILES string of the molecule is CCC1CCC(C2(O)CCC(C)C2)CC1. The van der Waals surface area contributed by atoms with Gasteiger partial charge in [0.15, 0.2) is 0 Å². The Labute approximate surface area is 94.3 Å². The zero-order valence-electron chi connectivity index (χ0n) is 10.3. The first-order valence-corrected chi connectivity index (χ1v) is 6.86. The quantitative estimate of drug-likeness (QED) is 0.736. The molecule has 2 aliphatic rings. The Hall–Kier alpha value is -0.0400. The highest BCUT2D eigenvalue weighted by atomic mass is 16.3. The second kappa shape index (κ2) is 4.45. The van der Waals surface area contributed by atoms with Gasteiger partial charge < -0.3 is 5.11 Å². The minimum atomic E-state index is -0.280. The fourth-order valence-corrected chi connectivity index (χ4v) is 3.78. The van der Waals surface area contributed by atoms with Crippen molar-refractivity contribution in [3.8, 4) is 0 Å². The van der Waals surface area contributed by atoms with Gasteiger partial charge in [-0.05, 0) is 49.9 Å². The van der Waals surface area contributed by atoms with Gasteiger partial charge in [0.2, 0.25) is 0 Å². The Morgan fingerprint density at radius 2 is 1.80 bits per heavy atom. The van der Waals surface area contributed by atoms with Crippen molar-refractivity contribution in [3.05, 3.63) is 0 Å². The molecule has 0 spiro atoms. The Morgan fingerprint density at radius 1 is 1.13 bits per heavy atom. The van der Waals surface area contributed by atoms with Crippen LogP contribution in [0.2, 0.25) is 0 Å². The molecule has 0 radical (unpaired) electrons. The van der Waals surface area contributed by atoms with Crippen LogP contribution in [0.5, 0.6) is 0 Å². The van der Waals surface area contributed by atoms with Crippen molar-refractivity contribution in [2.24, 2.45) is 17.8 Å². The van der Waals surface area contributed by atoms with Gasteiger partial charge in [-0.3, -0.25) is 0 Å². The van der Waals surface area contributed by atoms with E-state index in [1.807, 2.05) is 0 Å². The molecule has 2 saturated carbocycles. The van der Waals surface area contributed by atoms with E-state index in [2.05, 4.69) is 13.8 Å². The van der Waals surface area contributed by atoms with Crippen LogP contribution in [0.1, 0.15) is 65.2 Å². The van der Waals surface area contributed by atoms with E-state index in [0.717, 1.165) is 24.7 Å². The van der Waals surface area contributed by atoms with E-state index in [9.17, 15) is 5.11 Å². The molecule has 0 bridgehead atoms. The topological polar surface area (TPSA) is 20.2 Å². The van der Waals surface area contributed by atoms with Crippen LogP contribution in [-0.4, -0.2) is 10.7 Å². The smallest absolute Gasteiger partial charge is 0.0678 e. The Bertz CT molecular complexity index is 205. The fraction of sp³-hybridized carbons (Fsp3) is 1.00. The molecule has 2 atom stereocenters. The van der Waals surface area contributed by atoms with Crippen molar-refractivity contribution in [1.29, 1.82) is 0 Å². The number of hydrogen-bond donors (Lipinski definition) is 1. The maximum atomic E-state index is 10.6. The summed E-state index contributed by atoms with van der Waals surface area (Å²) in [5, 5.41) is 10.6. The number of rotatable bonds is 2. The zero-order valence-corrected chi connectivity index (χ0v) is 10.3. The molecule has 0 saturated heterocycles. The summed E-state index contributed by atoms with van der Waals surface area (Å²) in [5.74, 6) is 2.31. The van der Waals surface area contributed by atoms with Gasteiger partial charge in [0.05, 0.1) is 5.60 Å². The maximum absolute atomic E-state index is 10.6. The summed E-state index contributed by atoms with van der Waals surface area (Å²) in [6.07, 6.45) is 9.98. The minimum absolute atomic E-state index is 0.280. The molecule has 0 heterocycles. The lowest BCUT2D eigenvalue weighted by molar-refractivity contribution is -0.0350. The first-order valence-electron chi connectivity index (χ1n) is 6.86. The summed E-state index contributed by atoms with van der Waals surface area (Å²) in [6, 6.07) is 0. The molecule has 0 aromatic carbocycles. The number of aliphatic hydroxyl groups is 1. The molecule has 2 aliphatic carbocycles. The zero-order chi connectivity index (χ0) is 10.9. The first kappa shape index (κ1) is 11.4. The summed E-state index contributed by atoms with van der Waals surface area (Å²) < 4.78 is 0. The van der Waals surface area contributed by atoms with Crippen LogP contribution in [0, 0.1) is 17.8 Å². The van der Waals surface area contributed by atoms with Gasteiger partial charge in [-0.15, -0.1) is 0 Å². The van der Waals surface area contributed by atoms with Crippen molar-refractivity contribution in [1.82, 2.24) is 0 Å². The normalized spacial score (nSPS) is 47.0. The monoisotopic (exact) mass is 210 g/mol. The molecule has 2 fully saturated rings. The van der Waals surface area contributed by atoms with Gasteiger partial charge >= 0.3 is 0 Å². The van der Waals surface area contributed by atoms with Crippen LogP contribution >= 0.6 is 0 Å². The van der Waals surface area contributed by atoms with E-state index in [-0.39, 0.29) is 5.60 Å². The van der Waals surface area contributed by atoms with E-state index < -0.39 is 0 Å². The van der Waals surface area contributed by atoms with Crippen LogP contribution in [0.3, 0.4) is 0 Å². The van der Waals surface area contributed by atoms with E-state index in [1.54, 1.807) is 0 Å². The van der Waals surface area contributed by atoms with Crippen LogP contribution in [0.4, 0.5) is 0 Å². The van der Waals surface area contributed by atoms with Crippen molar-refractivity contribution < 1.29 is 5.11 Å². The molecule has 2 rings (SSSR count). The standard InChI is InChI=1S/C14H26O/c1-3-12-4-6-13(7-5-12)14(15)9-8-11(2)10-14/h11-13,15H,3-10H2,1-2H3. The van der Waals surface area contributed by atoms with Crippen molar-refractivity contribution >= 4 is 0 Å². The summed E-state index contributed by atoms with van der Waals surface area (Å²) in [6.45, 7) is 4.59. The second-order valence-electron chi connectivity index (χ2n) is 6.08. The molecule has 0 amide bonds. The van der Waals surface area contributed by atoms with Crippen LogP contribution in [0.15, 0.2) is 0 Å². The highest BCUT2D eigenvalue weighted by Gasteiger charge is 2.42. The van der Waals surface area contributed by atoms with Gasteiger partial charge in [0.25, 0.3) is 0 Å². The van der Waals surface area contributed by atoms with Crippen molar-refractivity contribution in [3.63, 3.8) is 0 Å². The van der Waals surface area contributed by atoms with Gasteiger partial charge in [0.1, 0.15) is 0 Å². The molecule has 2 unspecified atom stereocenters. The largest absolute Gasteiger partial charge is 0.390 e. The van der Waals surface area contributed by atoms with Crippen molar-refractivity contribution in [2.75, 3.05) is 0 Å². The fourth-order valence-electron chi connectivity index (χ4n) is 3.78. The Morgan fingerprint density at radius 3 is 2.27 bits per heavy atom. The first-order chi connectivity index (χ1) is 7.14. The predicted octanol–water partition coefficient (Wildman–Crippen LogP) is 3.75. The molecule has 0 aromatic rings. The third-order valence-corrected chi connectivity index (χ3v) is 4.96. The molecule has 88 valence electrons. The molecule has 1 heteroatoms. The van der Waals surface area contributed by atoms with Crippen LogP contribution < -0.4 is 0 Å². The van der Waals surface area contributed by atoms with E-state index in [4.69, 9.17) is 0 Å². The predicted molar refractivity (Wildman–Crippen MR) is 63.7 cm³/mol. The maximum Gasteiger partial charge on any atom is 0.0678 e. The highest BCUT2D eigenvalue weighted by Crippen LogP contribution is 2.46. The number of hydrogen-bond acceptors (Lipinski definition) is 1. The third-order valence-electron chi connectivity index (χ3n) is 4.96. The molecule has 1 N–H and O–H groups in total. The summed E-state index contributed by atoms with van der Waals surface area (Å²) in [5.41, 5.74) is -0.280. The third kappa shape index (κ3) is 2.38. The van der Waals surface area contributed by atoms with Gasteiger partial charge in [-0.25, -0.2) is 0 Å². The molecule has 1 nitrogen and oxygen atoms in total. The van der Waals surface area contributed by atoms with Crippen molar-refractivity contribution in [2.45, 2.75) is 70.8 Å². The van der Waals surface area contributed by atoms with E-state index >= 15 is 0 Å². The summed E-state index contributed by atoms with van der Waals surface area (Å²) >= 11 is 0. The van der Waals surface area contributed by atoms with E-state index in [1.165, 1.54) is 38.5 Å². The van der Waals surface area contributed by atoms with Gasteiger partial charge in [0, 0.05) is 0 Å². The lowest BCUT2D eigenvalue weighted by atomic mass is 9.72. The lowest BCUT2D eigenvalue weighted by Gasteiger charge is -2.38. The molecule has 0 aliphatic heterocycles. The second-order valence-corrected chi connectivity index (χ2v) is 6.08. The lowest BCUT2D eigenvalue weighted by Crippen LogP contribution is -2.37. The van der Waals surface area contributed by atoms with Gasteiger partial charge in [-0.2, -0.15) is 0 Å².